The van der Waals surface area contributed by atoms with Crippen LogP contribution >= 0.6 is 0 Å². The van der Waals surface area contributed by atoms with Crippen LogP contribution in [0.5, 0.6) is 0 Å². The second kappa shape index (κ2) is 9.33. The van der Waals surface area contributed by atoms with Crippen LogP contribution in [0.2, 0.25) is 0 Å². The third kappa shape index (κ3) is 88.2. The second-order valence-electron chi connectivity index (χ2n) is 0.283. The summed E-state index contributed by atoms with van der Waals surface area (Å²) in [6, 6.07) is 0. The van der Waals surface area contributed by atoms with E-state index < -0.39 is 9.17 Å². The average molecular weight is 134 g/mol. The van der Waals surface area contributed by atoms with Gasteiger partial charge in [0.1, 0.15) is 0 Å². The van der Waals surface area contributed by atoms with Gasteiger partial charge in [-0.05, 0) is 0 Å². The van der Waals surface area contributed by atoms with Crippen molar-refractivity contribution in [3.63, 3.8) is 0 Å². The molecule has 0 aromatic rings. The van der Waals surface area contributed by atoms with Crippen LogP contribution in [0, 0.1) is 0 Å². The monoisotopic (exact) mass is 134 g/mol. The van der Waals surface area contributed by atoms with Crippen LogP contribution in [-0.4, -0.2) is 18.8 Å². The molecule has 0 spiro atoms. The number of hydrogen-bond donors (Lipinski definition) is 2. The summed E-state index contributed by atoms with van der Waals surface area (Å²) in [4.78, 5) is 14.3. The Morgan fingerprint density at radius 1 is 1.50 bits per heavy atom. The molecule has 30 valence electrons. The van der Waals surface area contributed by atoms with Crippen molar-refractivity contribution in [3.05, 3.63) is 0 Å². The molecule has 0 unspecified atom stereocenters. The molecule has 0 saturated carbocycles. The van der Waals surface area contributed by atoms with Crippen molar-refractivity contribution in [1.29, 1.82) is 0 Å². The van der Waals surface area contributed by atoms with Crippen molar-refractivity contribution >= 4 is 9.17 Å². The Hall–Kier alpha value is 0.929. The zero-order chi connectivity index (χ0) is 3.58. The van der Waals surface area contributed by atoms with Gasteiger partial charge in [-0.15, -0.1) is 0 Å². The average Bonchev–Trinajstić information content (AvgIpc) is 0.811. The molecule has 0 saturated heterocycles. The van der Waals surface area contributed by atoms with Gasteiger partial charge in [0.2, 0.25) is 0 Å². The Morgan fingerprint density at radius 3 is 1.50 bits per heavy atom. The van der Waals surface area contributed by atoms with Gasteiger partial charge in [-0.25, -0.2) is 0 Å². The van der Waals surface area contributed by atoms with Crippen molar-refractivity contribution in [2.75, 3.05) is 0 Å². The van der Waals surface area contributed by atoms with Crippen LogP contribution in [0.25, 0.3) is 0 Å². The Morgan fingerprint density at radius 2 is 1.50 bits per heavy atom. The Kier molecular flexibility index (Phi) is 24.5. The number of hydrogen-bond acceptors (Lipinski definition) is 1. The molecule has 6 heavy (non-hydrogen) atoms. The van der Waals surface area contributed by atoms with E-state index in [2.05, 4.69) is 0 Å². The van der Waals surface area contributed by atoms with Gasteiger partial charge in [-0.2, -0.15) is 0 Å². The minimum absolute atomic E-state index is 0. The molecule has 0 amide bonds. The van der Waals surface area contributed by atoms with E-state index in [0.29, 0.717) is 0 Å². The molecule has 0 bridgehead atoms. The zero-order valence-electron chi connectivity index (χ0n) is 4.30. The van der Waals surface area contributed by atoms with Crippen LogP contribution in [0.15, 0.2) is 0 Å². The van der Waals surface area contributed by atoms with Gasteiger partial charge in [0.25, 0.3) is 0 Å². The molecule has 0 rings (SSSR count). The van der Waals surface area contributed by atoms with Crippen molar-refractivity contribution in [2.24, 2.45) is 0 Å². The van der Waals surface area contributed by atoms with Crippen LogP contribution in [-0.2, 0) is 26.2 Å². The summed E-state index contributed by atoms with van der Waals surface area (Å²) in [5.41, 5.74) is 0. The summed E-state index contributed by atoms with van der Waals surface area (Å²) in [5, 5.41) is 0. The van der Waals surface area contributed by atoms with E-state index in [9.17, 15) is 0 Å². The normalized spacial score (nSPS) is 4.00. The predicted octanol–water partition coefficient (Wildman–Crippen LogP) is -4.50. The molecule has 0 heterocycles. The van der Waals surface area contributed by atoms with Gasteiger partial charge < -0.3 is 11.0 Å². The van der Waals surface area contributed by atoms with E-state index in [-0.39, 0.29) is 42.0 Å². The first-order valence-electron chi connectivity index (χ1n) is 0.651. The van der Waals surface area contributed by atoms with Crippen molar-refractivity contribution < 1.29 is 56.1 Å². The SMILES string of the molecule is O=[Si](O)O.[H-].[Li+].[Ti]. The fourth-order valence-electron chi connectivity index (χ4n) is 0. The van der Waals surface area contributed by atoms with Gasteiger partial charge in [0.05, 0.1) is 0 Å². The summed E-state index contributed by atoms with van der Waals surface area (Å²) >= 11 is 0. The minimum Gasteiger partial charge on any atom is -1.00 e. The van der Waals surface area contributed by atoms with Crippen LogP contribution in [0.1, 0.15) is 1.43 Å². The third-order valence-corrected chi connectivity index (χ3v) is 0. The first-order chi connectivity index (χ1) is 1.73. The molecule has 3 nitrogen and oxygen atoms in total. The maximum absolute atomic E-state index is 8.74. The smallest absolute Gasteiger partial charge is 1.00 e. The molecule has 0 radical (unpaired) electrons. The summed E-state index contributed by atoms with van der Waals surface area (Å²) in [7, 11) is -3.13. The van der Waals surface area contributed by atoms with E-state index in [0.717, 1.165) is 0 Å². The molecule has 0 fully saturated rings. The summed E-state index contributed by atoms with van der Waals surface area (Å²) in [6.07, 6.45) is 0. The summed E-state index contributed by atoms with van der Waals surface area (Å²) < 4.78 is 8.74. The molecule has 0 aliphatic carbocycles. The molecular weight excluding hydrogens is 131 g/mol. The quantitative estimate of drug-likeness (QED) is 0.328. The van der Waals surface area contributed by atoms with E-state index in [1.807, 2.05) is 0 Å². The topological polar surface area (TPSA) is 57.5 Å². The number of rotatable bonds is 0. The van der Waals surface area contributed by atoms with Gasteiger partial charge in [0, 0.05) is 21.7 Å². The Bertz CT molecular complexity index is 37.9. The molecule has 0 atom stereocenters. The molecule has 0 aromatic carbocycles. The largest absolute Gasteiger partial charge is 1.00 e. The Labute approximate surface area is 65.2 Å². The zero-order valence-corrected chi connectivity index (χ0v) is 5.86. The van der Waals surface area contributed by atoms with E-state index in [1.54, 1.807) is 0 Å². The van der Waals surface area contributed by atoms with Crippen molar-refractivity contribution in [2.45, 2.75) is 0 Å². The molecule has 0 aliphatic rings. The fraction of sp³-hybridized carbons (Fsp3) is 0. The maximum atomic E-state index is 8.74. The minimum atomic E-state index is -3.13. The molecular formula is H3LiO3SiTi. The van der Waals surface area contributed by atoms with Gasteiger partial charge in [-0.3, -0.25) is 4.46 Å². The first-order valence-corrected chi connectivity index (χ1v) is 1.95. The van der Waals surface area contributed by atoms with Crippen molar-refractivity contribution in [1.82, 2.24) is 0 Å². The van der Waals surface area contributed by atoms with Crippen LogP contribution in [0.4, 0.5) is 0 Å². The van der Waals surface area contributed by atoms with Gasteiger partial charge in [-0.1, -0.05) is 0 Å². The van der Waals surface area contributed by atoms with Gasteiger partial charge in [0.15, 0.2) is 0 Å². The molecule has 2 N–H and O–H groups in total. The van der Waals surface area contributed by atoms with E-state index >= 15 is 0 Å². The maximum Gasteiger partial charge on any atom is 1.00 e. The predicted molar refractivity (Wildman–Crippen MR) is 12.0 cm³/mol. The fourth-order valence-corrected chi connectivity index (χ4v) is 0. The standard InChI is InChI=1S/Li.H2O3Si.Ti.H/c;1-4(2)3;;/h;1-2H;;/q+1;;;-1. The molecule has 6 heteroatoms. The van der Waals surface area contributed by atoms with E-state index in [4.69, 9.17) is 14.1 Å². The van der Waals surface area contributed by atoms with Crippen LogP contribution in [0.3, 0.4) is 0 Å². The third-order valence-electron chi connectivity index (χ3n) is 0. The van der Waals surface area contributed by atoms with E-state index in [1.165, 1.54) is 0 Å². The second-order valence-corrected chi connectivity index (χ2v) is 0.848. The Balaban J connectivity index is -0.0000000150. The molecule has 0 aliphatic heterocycles. The van der Waals surface area contributed by atoms with Crippen molar-refractivity contribution in [3.8, 4) is 0 Å². The molecule has 0 aromatic heterocycles. The first kappa shape index (κ1) is 15.8. The van der Waals surface area contributed by atoms with Crippen LogP contribution < -0.4 is 18.9 Å². The van der Waals surface area contributed by atoms with Gasteiger partial charge >= 0.3 is 28.0 Å². The summed E-state index contributed by atoms with van der Waals surface area (Å²) in [6.45, 7) is 0. The summed E-state index contributed by atoms with van der Waals surface area (Å²) in [5.74, 6) is 0.